The first-order chi connectivity index (χ1) is 7.88. The van der Waals surface area contributed by atoms with E-state index in [0.717, 1.165) is 45.8 Å². The molecule has 1 saturated heterocycles. The summed E-state index contributed by atoms with van der Waals surface area (Å²) in [5.74, 6) is 0. The summed E-state index contributed by atoms with van der Waals surface area (Å²) in [5, 5.41) is 8.85. The molecule has 2 rings (SSSR count). The van der Waals surface area contributed by atoms with Crippen molar-refractivity contribution >= 4 is 0 Å². The minimum absolute atomic E-state index is 0.273. The summed E-state index contributed by atoms with van der Waals surface area (Å²) in [4.78, 5) is 8.81. The van der Waals surface area contributed by atoms with E-state index in [2.05, 4.69) is 19.4 Å². The predicted octanol–water partition coefficient (Wildman–Crippen LogP) is -0.507. The highest BCUT2D eigenvalue weighted by atomic mass is 16.3. The molecule has 0 atom stereocenters. The van der Waals surface area contributed by atoms with Crippen LogP contribution in [0.1, 0.15) is 0 Å². The van der Waals surface area contributed by atoms with Gasteiger partial charge in [0.15, 0.2) is 0 Å². The van der Waals surface area contributed by atoms with Gasteiger partial charge in [0.05, 0.1) is 12.9 Å². The van der Waals surface area contributed by atoms with Crippen LogP contribution in [-0.4, -0.2) is 70.3 Å². The summed E-state index contributed by atoms with van der Waals surface area (Å²) in [6.07, 6.45) is 5.68. The number of aromatic nitrogens is 2. The van der Waals surface area contributed by atoms with Gasteiger partial charge in [-0.15, -0.1) is 0 Å². The van der Waals surface area contributed by atoms with Gasteiger partial charge >= 0.3 is 0 Å². The SMILES string of the molecule is OCCN1CCN(CCn2ccnc2)CC1. The first kappa shape index (κ1) is 11.6. The quantitative estimate of drug-likeness (QED) is 0.732. The van der Waals surface area contributed by atoms with Crippen molar-refractivity contribution in [2.75, 3.05) is 45.9 Å². The molecule has 0 saturated carbocycles. The third-order valence-electron chi connectivity index (χ3n) is 3.11. The first-order valence-corrected chi connectivity index (χ1v) is 5.90. The van der Waals surface area contributed by atoms with Crippen molar-refractivity contribution in [2.45, 2.75) is 6.54 Å². The Morgan fingerprint density at radius 2 is 1.69 bits per heavy atom. The molecule has 1 N–H and O–H groups in total. The van der Waals surface area contributed by atoms with Crippen molar-refractivity contribution in [3.8, 4) is 0 Å². The summed E-state index contributed by atoms with van der Waals surface area (Å²) in [6, 6.07) is 0. The lowest BCUT2D eigenvalue weighted by Crippen LogP contribution is -2.47. The number of rotatable bonds is 5. The monoisotopic (exact) mass is 224 g/mol. The molecule has 1 aromatic rings. The highest BCUT2D eigenvalue weighted by Crippen LogP contribution is 2.01. The molecule has 2 heterocycles. The summed E-state index contributed by atoms with van der Waals surface area (Å²) in [6.45, 7) is 7.55. The normalized spacial score (nSPS) is 19.1. The van der Waals surface area contributed by atoms with Crippen LogP contribution < -0.4 is 0 Å². The second kappa shape index (κ2) is 5.98. The van der Waals surface area contributed by atoms with E-state index in [1.165, 1.54) is 0 Å². The number of hydrogen-bond donors (Lipinski definition) is 1. The van der Waals surface area contributed by atoms with Gasteiger partial charge in [0.25, 0.3) is 0 Å². The zero-order chi connectivity index (χ0) is 11.2. The summed E-state index contributed by atoms with van der Waals surface area (Å²) >= 11 is 0. The Kier molecular flexibility index (Phi) is 4.33. The minimum Gasteiger partial charge on any atom is -0.395 e. The third kappa shape index (κ3) is 3.30. The molecule has 0 spiro atoms. The number of nitrogens with zero attached hydrogens (tertiary/aromatic N) is 4. The smallest absolute Gasteiger partial charge is 0.0946 e. The van der Waals surface area contributed by atoms with E-state index in [9.17, 15) is 0 Å². The van der Waals surface area contributed by atoms with E-state index >= 15 is 0 Å². The number of aliphatic hydroxyl groups excluding tert-OH is 1. The van der Waals surface area contributed by atoms with Crippen molar-refractivity contribution in [3.05, 3.63) is 18.7 Å². The number of hydrogen-bond acceptors (Lipinski definition) is 4. The molecule has 5 nitrogen and oxygen atoms in total. The Hall–Kier alpha value is -0.910. The maximum absolute atomic E-state index is 8.85. The van der Waals surface area contributed by atoms with Gasteiger partial charge in [0, 0.05) is 58.2 Å². The van der Waals surface area contributed by atoms with Gasteiger partial charge in [0.1, 0.15) is 0 Å². The fourth-order valence-corrected chi connectivity index (χ4v) is 2.05. The lowest BCUT2D eigenvalue weighted by atomic mass is 10.3. The molecule has 1 aromatic heterocycles. The third-order valence-corrected chi connectivity index (χ3v) is 3.11. The Balaban J connectivity index is 1.65. The first-order valence-electron chi connectivity index (χ1n) is 5.90. The number of imidazole rings is 1. The molecular formula is C11H20N4O. The Labute approximate surface area is 96.3 Å². The zero-order valence-corrected chi connectivity index (χ0v) is 9.62. The van der Waals surface area contributed by atoms with Crippen LogP contribution in [0.3, 0.4) is 0 Å². The number of aliphatic hydroxyl groups is 1. The minimum atomic E-state index is 0.273. The molecule has 0 aliphatic carbocycles. The molecular weight excluding hydrogens is 204 g/mol. The Bertz CT molecular complexity index is 280. The highest BCUT2D eigenvalue weighted by Gasteiger charge is 2.15. The van der Waals surface area contributed by atoms with Gasteiger partial charge in [-0.05, 0) is 0 Å². The van der Waals surface area contributed by atoms with Crippen molar-refractivity contribution in [2.24, 2.45) is 0 Å². The fourth-order valence-electron chi connectivity index (χ4n) is 2.05. The van der Waals surface area contributed by atoms with Gasteiger partial charge in [0.2, 0.25) is 0 Å². The van der Waals surface area contributed by atoms with Crippen LogP contribution in [0.15, 0.2) is 18.7 Å². The largest absolute Gasteiger partial charge is 0.395 e. The number of β-amino-alcohol motifs (C(OH)–C–C–N with tert-alkyl or cyclic N) is 1. The summed E-state index contributed by atoms with van der Waals surface area (Å²) < 4.78 is 2.11. The molecule has 0 aromatic carbocycles. The maximum atomic E-state index is 8.85. The van der Waals surface area contributed by atoms with Crippen LogP contribution in [0.2, 0.25) is 0 Å². The summed E-state index contributed by atoms with van der Waals surface area (Å²) in [7, 11) is 0. The van der Waals surface area contributed by atoms with Crippen LogP contribution in [0, 0.1) is 0 Å². The van der Waals surface area contributed by atoms with Gasteiger partial charge in [-0.2, -0.15) is 0 Å². The molecule has 0 bridgehead atoms. The molecule has 5 heteroatoms. The maximum Gasteiger partial charge on any atom is 0.0946 e. The molecule has 0 radical (unpaired) electrons. The second-order valence-electron chi connectivity index (χ2n) is 4.21. The van der Waals surface area contributed by atoms with E-state index in [4.69, 9.17) is 5.11 Å². The predicted molar refractivity (Wildman–Crippen MR) is 62.2 cm³/mol. The van der Waals surface area contributed by atoms with Crippen LogP contribution in [0.5, 0.6) is 0 Å². The van der Waals surface area contributed by atoms with Gasteiger partial charge in [-0.1, -0.05) is 0 Å². The Morgan fingerprint density at radius 1 is 1.00 bits per heavy atom. The molecule has 0 unspecified atom stereocenters. The van der Waals surface area contributed by atoms with Gasteiger partial charge < -0.3 is 9.67 Å². The second-order valence-corrected chi connectivity index (χ2v) is 4.21. The van der Waals surface area contributed by atoms with Crippen LogP contribution in [-0.2, 0) is 6.54 Å². The van der Waals surface area contributed by atoms with Gasteiger partial charge in [-0.25, -0.2) is 4.98 Å². The van der Waals surface area contributed by atoms with Crippen LogP contribution in [0.4, 0.5) is 0 Å². The molecule has 1 fully saturated rings. The standard InChI is InChI=1S/C11H20N4O/c16-10-9-14-5-3-13(4-6-14)7-8-15-2-1-12-11-15/h1-2,11,16H,3-10H2. The molecule has 1 aliphatic rings. The average Bonchev–Trinajstić information content (AvgIpc) is 2.82. The highest BCUT2D eigenvalue weighted by molar-refractivity contribution is 4.76. The topological polar surface area (TPSA) is 44.5 Å². The number of piperazine rings is 1. The Morgan fingerprint density at radius 3 is 2.25 bits per heavy atom. The fraction of sp³-hybridized carbons (Fsp3) is 0.727. The van der Waals surface area contributed by atoms with E-state index in [1.54, 1.807) is 0 Å². The van der Waals surface area contributed by atoms with Crippen LogP contribution >= 0.6 is 0 Å². The lowest BCUT2D eigenvalue weighted by molar-refractivity contribution is 0.110. The van der Waals surface area contributed by atoms with E-state index < -0.39 is 0 Å². The van der Waals surface area contributed by atoms with E-state index in [-0.39, 0.29) is 6.61 Å². The zero-order valence-electron chi connectivity index (χ0n) is 9.62. The molecule has 0 amide bonds. The van der Waals surface area contributed by atoms with Crippen molar-refractivity contribution in [3.63, 3.8) is 0 Å². The van der Waals surface area contributed by atoms with Crippen molar-refractivity contribution < 1.29 is 5.11 Å². The molecule has 1 aliphatic heterocycles. The van der Waals surface area contributed by atoms with E-state index in [1.807, 2.05) is 18.7 Å². The van der Waals surface area contributed by atoms with Gasteiger partial charge in [-0.3, -0.25) is 9.80 Å². The summed E-state index contributed by atoms with van der Waals surface area (Å²) in [5.41, 5.74) is 0. The average molecular weight is 224 g/mol. The van der Waals surface area contributed by atoms with E-state index in [0.29, 0.717) is 0 Å². The van der Waals surface area contributed by atoms with Crippen LogP contribution in [0.25, 0.3) is 0 Å². The molecule has 90 valence electrons. The lowest BCUT2D eigenvalue weighted by Gasteiger charge is -2.34. The van der Waals surface area contributed by atoms with Crippen molar-refractivity contribution in [1.29, 1.82) is 0 Å². The van der Waals surface area contributed by atoms with Crippen molar-refractivity contribution in [1.82, 2.24) is 19.4 Å². The molecule has 16 heavy (non-hydrogen) atoms.